The fourth-order valence-corrected chi connectivity index (χ4v) is 5.09. The van der Waals surface area contributed by atoms with Crippen molar-refractivity contribution in [1.82, 2.24) is 20.0 Å². The Hall–Kier alpha value is -3.41. The molecule has 5 rings (SSSR count). The second kappa shape index (κ2) is 9.61. The third-order valence-electron chi connectivity index (χ3n) is 6.82. The minimum Gasteiger partial charge on any atom is -0.352 e. The minimum atomic E-state index is -0.266. The quantitative estimate of drug-likeness (QED) is 0.601. The van der Waals surface area contributed by atoms with E-state index < -0.39 is 0 Å². The van der Waals surface area contributed by atoms with E-state index in [1.807, 2.05) is 64.3 Å². The number of carbonyl (C=O) groups is 2. The van der Waals surface area contributed by atoms with Gasteiger partial charge in [-0.05, 0) is 18.4 Å². The first-order valence-electron chi connectivity index (χ1n) is 11.9. The molecule has 2 aliphatic rings. The van der Waals surface area contributed by atoms with Gasteiger partial charge in [-0.2, -0.15) is 5.10 Å². The van der Waals surface area contributed by atoms with E-state index in [4.69, 9.17) is 5.10 Å². The van der Waals surface area contributed by atoms with Gasteiger partial charge in [0, 0.05) is 42.9 Å². The van der Waals surface area contributed by atoms with Crippen molar-refractivity contribution in [3.05, 3.63) is 78.0 Å². The Morgan fingerprint density at radius 1 is 1.00 bits per heavy atom. The van der Waals surface area contributed by atoms with E-state index >= 15 is 0 Å². The van der Waals surface area contributed by atoms with E-state index in [2.05, 4.69) is 17.4 Å². The van der Waals surface area contributed by atoms with E-state index in [0.29, 0.717) is 32.1 Å². The van der Waals surface area contributed by atoms with Crippen LogP contribution < -0.4 is 5.32 Å². The van der Waals surface area contributed by atoms with E-state index in [1.54, 1.807) is 0 Å². The molecule has 0 spiro atoms. The summed E-state index contributed by atoms with van der Waals surface area (Å²) >= 11 is 0. The predicted octanol–water partition coefficient (Wildman–Crippen LogP) is 4.01. The van der Waals surface area contributed by atoms with Crippen LogP contribution in [0.4, 0.5) is 0 Å². The van der Waals surface area contributed by atoms with E-state index in [0.717, 1.165) is 29.7 Å². The summed E-state index contributed by atoms with van der Waals surface area (Å²) in [5.41, 5.74) is 4.05. The summed E-state index contributed by atoms with van der Waals surface area (Å²) in [6.07, 6.45) is 6.84. The minimum absolute atomic E-state index is 0.0429. The lowest BCUT2D eigenvalue weighted by Crippen LogP contribution is -2.36. The van der Waals surface area contributed by atoms with Crippen LogP contribution in [-0.2, 0) is 22.7 Å². The summed E-state index contributed by atoms with van der Waals surface area (Å²) in [4.78, 5) is 27.4. The molecule has 0 bridgehead atoms. The van der Waals surface area contributed by atoms with Crippen LogP contribution in [0.2, 0.25) is 0 Å². The van der Waals surface area contributed by atoms with Gasteiger partial charge in [-0.15, -0.1) is 0 Å². The highest BCUT2D eigenvalue weighted by molar-refractivity contribution is 5.89. The van der Waals surface area contributed by atoms with E-state index in [-0.39, 0.29) is 17.7 Å². The topological polar surface area (TPSA) is 67.2 Å². The molecule has 2 aromatic carbocycles. The van der Waals surface area contributed by atoms with Crippen LogP contribution in [0.25, 0.3) is 11.3 Å². The van der Waals surface area contributed by atoms with Gasteiger partial charge in [0.2, 0.25) is 11.8 Å². The van der Waals surface area contributed by atoms with Gasteiger partial charge in [0.05, 0.1) is 18.2 Å². The Bertz CT molecular complexity index is 1100. The molecule has 1 saturated carbocycles. The molecule has 0 unspecified atom stereocenters. The van der Waals surface area contributed by atoms with Gasteiger partial charge in [-0.3, -0.25) is 14.3 Å². The number of hydrogen-bond acceptors (Lipinski definition) is 3. The van der Waals surface area contributed by atoms with Crippen LogP contribution in [0.5, 0.6) is 0 Å². The number of aromatic nitrogens is 2. The molecule has 2 fully saturated rings. The average molecular weight is 443 g/mol. The molecule has 3 aromatic rings. The number of rotatable bonds is 7. The summed E-state index contributed by atoms with van der Waals surface area (Å²) in [5, 5.41) is 7.92. The zero-order chi connectivity index (χ0) is 22.6. The summed E-state index contributed by atoms with van der Waals surface area (Å²) in [6, 6.07) is 20.6. The van der Waals surface area contributed by atoms with Crippen molar-refractivity contribution in [1.29, 1.82) is 0 Å². The fourth-order valence-electron chi connectivity index (χ4n) is 5.09. The summed E-state index contributed by atoms with van der Waals surface area (Å²) in [5.74, 6) is -0.181. The first kappa shape index (κ1) is 21.4. The van der Waals surface area contributed by atoms with Crippen molar-refractivity contribution < 1.29 is 9.59 Å². The molecule has 1 aliphatic heterocycles. The summed E-state index contributed by atoms with van der Waals surface area (Å²) < 4.78 is 1.93. The van der Waals surface area contributed by atoms with Gasteiger partial charge in [-0.25, -0.2) is 0 Å². The van der Waals surface area contributed by atoms with Crippen LogP contribution in [0.15, 0.2) is 66.9 Å². The zero-order valence-electron chi connectivity index (χ0n) is 18.8. The van der Waals surface area contributed by atoms with Crippen LogP contribution in [0.3, 0.4) is 0 Å². The molecule has 2 amide bonds. The van der Waals surface area contributed by atoms with Crippen LogP contribution in [-0.4, -0.2) is 39.1 Å². The molecule has 6 nitrogen and oxygen atoms in total. The zero-order valence-corrected chi connectivity index (χ0v) is 18.8. The molecule has 170 valence electrons. The van der Waals surface area contributed by atoms with Crippen molar-refractivity contribution in [2.24, 2.45) is 5.92 Å². The number of carbonyl (C=O) groups excluding carboxylic acids is 2. The number of benzene rings is 2. The first-order chi connectivity index (χ1) is 16.2. The second-order valence-electron chi connectivity index (χ2n) is 9.16. The SMILES string of the molecule is O=C(NCc1cn(Cc2ccccc2)nc1-c1ccccc1)[C@@H]1CC(=O)N(C2CCCC2)C1. The molecule has 1 aliphatic carbocycles. The predicted molar refractivity (Wildman–Crippen MR) is 127 cm³/mol. The molecule has 2 heterocycles. The highest BCUT2D eigenvalue weighted by atomic mass is 16.2. The van der Waals surface area contributed by atoms with Crippen molar-refractivity contribution in [2.75, 3.05) is 6.54 Å². The van der Waals surface area contributed by atoms with Gasteiger partial charge >= 0.3 is 0 Å². The summed E-state index contributed by atoms with van der Waals surface area (Å²) in [7, 11) is 0. The largest absolute Gasteiger partial charge is 0.352 e. The molecule has 1 saturated heterocycles. The van der Waals surface area contributed by atoms with Crippen LogP contribution in [0.1, 0.15) is 43.2 Å². The third kappa shape index (κ3) is 4.85. The monoisotopic (exact) mass is 442 g/mol. The lowest BCUT2D eigenvalue weighted by atomic mass is 10.1. The molecule has 33 heavy (non-hydrogen) atoms. The van der Waals surface area contributed by atoms with Gasteiger partial charge in [0.15, 0.2) is 0 Å². The second-order valence-corrected chi connectivity index (χ2v) is 9.16. The van der Waals surface area contributed by atoms with Crippen molar-refractivity contribution >= 4 is 11.8 Å². The highest BCUT2D eigenvalue weighted by Gasteiger charge is 2.38. The molecule has 1 aromatic heterocycles. The molecule has 6 heteroatoms. The van der Waals surface area contributed by atoms with E-state index in [1.165, 1.54) is 18.4 Å². The maximum atomic E-state index is 13.0. The molecule has 1 N–H and O–H groups in total. The van der Waals surface area contributed by atoms with Crippen molar-refractivity contribution in [3.63, 3.8) is 0 Å². The third-order valence-corrected chi connectivity index (χ3v) is 6.82. The van der Waals surface area contributed by atoms with Gasteiger partial charge in [-0.1, -0.05) is 73.5 Å². The average Bonchev–Trinajstić information content (AvgIpc) is 3.59. The number of amides is 2. The molecule has 0 radical (unpaired) electrons. The highest BCUT2D eigenvalue weighted by Crippen LogP contribution is 2.30. The maximum absolute atomic E-state index is 13.0. The Labute approximate surface area is 194 Å². The number of likely N-dealkylation sites (tertiary alicyclic amines) is 1. The van der Waals surface area contributed by atoms with Crippen molar-refractivity contribution in [3.8, 4) is 11.3 Å². The number of nitrogens with one attached hydrogen (secondary N) is 1. The number of nitrogens with zero attached hydrogens (tertiary/aromatic N) is 3. The number of hydrogen-bond donors (Lipinski definition) is 1. The normalized spacial score (nSPS) is 18.7. The standard InChI is InChI=1S/C27H30N4O2/c32-25-15-22(19-31(25)24-13-7-8-14-24)27(33)28-16-23-18-30(17-20-9-3-1-4-10-20)29-26(23)21-11-5-2-6-12-21/h1-6,9-12,18,22,24H,7-8,13-17,19H2,(H,28,33)/t22-/m1/s1. The Morgan fingerprint density at radius 3 is 2.42 bits per heavy atom. The molecular weight excluding hydrogens is 412 g/mol. The Kier molecular flexibility index (Phi) is 6.24. The lowest BCUT2D eigenvalue weighted by molar-refractivity contribution is -0.130. The van der Waals surface area contributed by atoms with Crippen LogP contribution >= 0.6 is 0 Å². The fraction of sp³-hybridized carbons (Fsp3) is 0.370. The Balaban J connectivity index is 1.29. The van der Waals surface area contributed by atoms with Gasteiger partial charge in [0.25, 0.3) is 0 Å². The lowest BCUT2D eigenvalue weighted by Gasteiger charge is -2.23. The van der Waals surface area contributed by atoms with Crippen LogP contribution in [0, 0.1) is 5.92 Å². The smallest absolute Gasteiger partial charge is 0.225 e. The Morgan fingerprint density at radius 2 is 1.70 bits per heavy atom. The molecule has 1 atom stereocenters. The maximum Gasteiger partial charge on any atom is 0.225 e. The van der Waals surface area contributed by atoms with E-state index in [9.17, 15) is 9.59 Å². The summed E-state index contributed by atoms with van der Waals surface area (Å²) in [6.45, 7) is 1.61. The van der Waals surface area contributed by atoms with Gasteiger partial charge < -0.3 is 10.2 Å². The first-order valence-corrected chi connectivity index (χ1v) is 11.9. The van der Waals surface area contributed by atoms with Crippen molar-refractivity contribution in [2.45, 2.75) is 51.2 Å². The van der Waals surface area contributed by atoms with Gasteiger partial charge in [0.1, 0.15) is 0 Å². The molecular formula is C27H30N4O2.